The van der Waals surface area contributed by atoms with Crippen LogP contribution in [0.1, 0.15) is 19.8 Å². The van der Waals surface area contributed by atoms with Crippen LogP contribution in [0, 0.1) is 0 Å². The molecule has 4 nitrogen and oxygen atoms in total. The van der Waals surface area contributed by atoms with Gasteiger partial charge in [-0.25, -0.2) is 9.59 Å². The average Bonchev–Trinajstić information content (AvgIpc) is 2.50. The molecule has 0 aromatic heterocycles. The largest absolute Gasteiger partial charge is 0.491 e. The van der Waals surface area contributed by atoms with Gasteiger partial charge >= 0.3 is 18.1 Å². The summed E-state index contributed by atoms with van der Waals surface area (Å²) in [5, 5.41) is 2.72. The number of hydrogen-bond donors (Lipinski definition) is 1. The van der Waals surface area contributed by atoms with Crippen molar-refractivity contribution in [2.45, 2.75) is 38.0 Å². The Morgan fingerprint density at radius 3 is 2.33 bits per heavy atom. The Balaban J connectivity index is 2.46. The molecule has 7 heteroatoms. The van der Waals surface area contributed by atoms with E-state index in [1.165, 1.54) is 0 Å². The summed E-state index contributed by atoms with van der Waals surface area (Å²) in [6, 6.07) is -0.769. The second-order valence-corrected chi connectivity index (χ2v) is 3.40. The van der Waals surface area contributed by atoms with Crippen molar-refractivity contribution in [2.24, 2.45) is 0 Å². The van der Waals surface area contributed by atoms with Crippen LogP contribution in [0.25, 0.3) is 0 Å². The fourth-order valence-corrected chi connectivity index (χ4v) is 1.33. The third kappa shape index (κ3) is 3.19. The highest BCUT2D eigenvalue weighted by Gasteiger charge is 2.43. The number of carbonyl (C=O) groups is 2. The third-order valence-corrected chi connectivity index (χ3v) is 2.08. The first-order chi connectivity index (χ1) is 6.80. The van der Waals surface area contributed by atoms with Crippen LogP contribution in [0.2, 0.25) is 0 Å². The number of halogens is 3. The van der Waals surface area contributed by atoms with Gasteiger partial charge in [0.2, 0.25) is 0 Å². The second kappa shape index (κ2) is 4.18. The molecule has 0 radical (unpaired) electrons. The smallest absolute Gasteiger partial charge is 0.385 e. The van der Waals surface area contributed by atoms with Gasteiger partial charge in [-0.05, 0) is 19.8 Å². The van der Waals surface area contributed by atoms with Crippen LogP contribution >= 0.6 is 0 Å². The number of ether oxygens (including phenoxy) is 1. The molecular weight excluding hydrogens is 215 g/mol. The molecule has 0 bridgehead atoms. The number of alkyl halides is 3. The fraction of sp³-hybridized carbons (Fsp3) is 0.750. The highest BCUT2D eigenvalue weighted by Crippen LogP contribution is 2.18. The number of nitrogens with one attached hydrogen (secondary N) is 1. The summed E-state index contributed by atoms with van der Waals surface area (Å²) in [5.41, 5.74) is 0. The molecule has 1 aliphatic heterocycles. The molecule has 0 spiro atoms. The lowest BCUT2D eigenvalue weighted by molar-refractivity contribution is -0.202. The first kappa shape index (κ1) is 12.0. The Morgan fingerprint density at radius 1 is 1.33 bits per heavy atom. The van der Waals surface area contributed by atoms with E-state index < -0.39 is 24.2 Å². The van der Waals surface area contributed by atoms with E-state index in [2.05, 4.69) is 10.1 Å². The molecular formula is C8H10F3NO3. The monoisotopic (exact) mass is 225 g/mol. The quantitative estimate of drug-likeness (QED) is 0.528. The highest BCUT2D eigenvalue weighted by molar-refractivity contribution is 5.91. The van der Waals surface area contributed by atoms with Gasteiger partial charge in [0.25, 0.3) is 0 Å². The van der Waals surface area contributed by atoms with Gasteiger partial charge < -0.3 is 10.1 Å². The second-order valence-electron chi connectivity index (χ2n) is 3.40. The first-order valence-electron chi connectivity index (χ1n) is 4.39. The van der Waals surface area contributed by atoms with Gasteiger partial charge in [-0.1, -0.05) is 0 Å². The first-order valence-corrected chi connectivity index (χ1v) is 4.39. The Bertz CT molecular complexity index is 277. The normalized spacial score (nSPS) is 26.4. The number of rotatable bonds is 1. The van der Waals surface area contributed by atoms with E-state index >= 15 is 0 Å². The zero-order valence-corrected chi connectivity index (χ0v) is 7.93. The van der Waals surface area contributed by atoms with Crippen LogP contribution in [0.5, 0.6) is 0 Å². The van der Waals surface area contributed by atoms with Crippen LogP contribution in [-0.4, -0.2) is 30.2 Å². The van der Waals surface area contributed by atoms with E-state index in [9.17, 15) is 22.8 Å². The zero-order chi connectivity index (χ0) is 11.6. The molecule has 2 unspecified atom stereocenters. The van der Waals surface area contributed by atoms with Gasteiger partial charge in [0.1, 0.15) is 6.04 Å². The van der Waals surface area contributed by atoms with E-state index in [1.54, 1.807) is 6.92 Å². The summed E-state index contributed by atoms with van der Waals surface area (Å²) in [4.78, 5) is 21.4. The standard InChI is InChI=1S/C8H10F3NO3/c1-4-2-3-5(12-4)6(13)15-7(14)8(9,10)11/h4-5,12H,2-3H2,1H3. The van der Waals surface area contributed by atoms with E-state index in [4.69, 9.17) is 0 Å². The zero-order valence-electron chi connectivity index (χ0n) is 7.93. The summed E-state index contributed by atoms with van der Waals surface area (Å²) in [5.74, 6) is -3.63. The van der Waals surface area contributed by atoms with E-state index in [0.29, 0.717) is 12.8 Å². The molecule has 0 saturated carbocycles. The number of hydrogen-bond acceptors (Lipinski definition) is 4. The highest BCUT2D eigenvalue weighted by atomic mass is 19.4. The molecule has 0 aromatic rings. The van der Waals surface area contributed by atoms with E-state index in [1.807, 2.05) is 0 Å². The van der Waals surface area contributed by atoms with Gasteiger partial charge in [-0.15, -0.1) is 0 Å². The third-order valence-electron chi connectivity index (χ3n) is 2.08. The number of carbonyl (C=O) groups excluding carboxylic acids is 2. The van der Waals surface area contributed by atoms with Crippen molar-refractivity contribution in [1.29, 1.82) is 0 Å². The summed E-state index contributed by atoms with van der Waals surface area (Å²) in [7, 11) is 0. The maximum absolute atomic E-state index is 11.7. The van der Waals surface area contributed by atoms with Crippen molar-refractivity contribution in [2.75, 3.05) is 0 Å². The predicted molar refractivity (Wildman–Crippen MR) is 42.8 cm³/mol. The van der Waals surface area contributed by atoms with Crippen molar-refractivity contribution in [1.82, 2.24) is 5.32 Å². The molecule has 1 heterocycles. The van der Waals surface area contributed by atoms with Crippen LogP contribution in [-0.2, 0) is 14.3 Å². The molecule has 86 valence electrons. The molecule has 1 fully saturated rings. The van der Waals surface area contributed by atoms with Crippen molar-refractivity contribution in [3.05, 3.63) is 0 Å². The average molecular weight is 225 g/mol. The molecule has 15 heavy (non-hydrogen) atoms. The summed E-state index contributed by atoms with van der Waals surface area (Å²) in [6.45, 7) is 1.79. The van der Waals surface area contributed by atoms with Crippen molar-refractivity contribution in [3.8, 4) is 0 Å². The molecule has 1 aliphatic rings. The summed E-state index contributed by atoms with van der Waals surface area (Å²) >= 11 is 0. The van der Waals surface area contributed by atoms with Crippen LogP contribution < -0.4 is 5.32 Å². The van der Waals surface area contributed by atoms with Gasteiger partial charge in [0.05, 0.1) is 0 Å². The Kier molecular flexibility index (Phi) is 3.33. The number of esters is 2. The predicted octanol–water partition coefficient (Wildman–Crippen LogP) is 0.759. The summed E-state index contributed by atoms with van der Waals surface area (Å²) in [6.07, 6.45) is -4.08. The lowest BCUT2D eigenvalue weighted by Gasteiger charge is -2.11. The van der Waals surface area contributed by atoms with E-state index in [0.717, 1.165) is 0 Å². The van der Waals surface area contributed by atoms with Gasteiger partial charge in [0, 0.05) is 6.04 Å². The molecule has 2 atom stereocenters. The minimum atomic E-state index is -5.13. The Labute approximate surface area is 83.8 Å². The molecule has 1 N–H and O–H groups in total. The maximum Gasteiger partial charge on any atom is 0.491 e. The van der Waals surface area contributed by atoms with Crippen molar-refractivity contribution >= 4 is 11.9 Å². The molecule has 0 amide bonds. The topological polar surface area (TPSA) is 55.4 Å². The molecule has 1 saturated heterocycles. The fourth-order valence-electron chi connectivity index (χ4n) is 1.33. The SMILES string of the molecule is CC1CCC(C(=O)OC(=O)C(F)(F)F)N1. The van der Waals surface area contributed by atoms with Crippen molar-refractivity contribution < 1.29 is 27.5 Å². The van der Waals surface area contributed by atoms with Gasteiger partial charge in [0.15, 0.2) is 0 Å². The summed E-state index contributed by atoms with van der Waals surface area (Å²) < 4.78 is 38.9. The maximum atomic E-state index is 11.7. The lowest BCUT2D eigenvalue weighted by Crippen LogP contribution is -2.39. The Morgan fingerprint density at radius 2 is 1.93 bits per heavy atom. The van der Waals surface area contributed by atoms with Gasteiger partial charge in [-0.2, -0.15) is 13.2 Å². The minimum absolute atomic E-state index is 0.0449. The van der Waals surface area contributed by atoms with Crippen LogP contribution in [0.4, 0.5) is 13.2 Å². The van der Waals surface area contributed by atoms with Crippen molar-refractivity contribution in [3.63, 3.8) is 0 Å². The van der Waals surface area contributed by atoms with Crippen LogP contribution in [0.3, 0.4) is 0 Å². The molecule has 1 rings (SSSR count). The minimum Gasteiger partial charge on any atom is -0.385 e. The molecule has 0 aliphatic carbocycles. The van der Waals surface area contributed by atoms with E-state index in [-0.39, 0.29) is 6.04 Å². The van der Waals surface area contributed by atoms with Gasteiger partial charge in [-0.3, -0.25) is 0 Å². The molecule has 0 aromatic carbocycles. The Hall–Kier alpha value is -1.11. The lowest BCUT2D eigenvalue weighted by atomic mass is 10.2. The van der Waals surface area contributed by atoms with Crippen LogP contribution in [0.15, 0.2) is 0 Å².